The standard InChI is InChI=1S/C21H24N6O4/c1-29-16-8-14(9-17(10-16)30-2)21(28)26-7-3-4-15(11-26)27-12-18(23-25-27)20-22-19(24-31-20)13-5-6-13/h8-10,12-13,15H,3-7,11H2,1-2H3. The summed E-state index contributed by atoms with van der Waals surface area (Å²) in [6.45, 7) is 1.23. The number of likely N-dealkylation sites (tertiary alicyclic amines) is 1. The summed E-state index contributed by atoms with van der Waals surface area (Å²) < 4.78 is 17.7. The SMILES string of the molecule is COc1cc(OC)cc(C(=O)N2CCCC(n3cc(-c4nc(C5CC5)no4)nn3)C2)c1. The molecule has 2 aliphatic rings. The molecule has 31 heavy (non-hydrogen) atoms. The van der Waals surface area contributed by atoms with Crippen LogP contribution in [0.1, 0.15) is 53.8 Å². The number of carbonyl (C=O) groups is 1. The van der Waals surface area contributed by atoms with Crippen LogP contribution in [0.3, 0.4) is 0 Å². The molecule has 162 valence electrons. The monoisotopic (exact) mass is 424 g/mol. The number of amides is 1. The quantitative estimate of drug-likeness (QED) is 0.594. The van der Waals surface area contributed by atoms with Crippen LogP contribution in [0.25, 0.3) is 11.6 Å². The number of hydrogen-bond donors (Lipinski definition) is 0. The lowest BCUT2D eigenvalue weighted by Crippen LogP contribution is -2.40. The van der Waals surface area contributed by atoms with Gasteiger partial charge in [0.1, 0.15) is 11.5 Å². The van der Waals surface area contributed by atoms with E-state index < -0.39 is 0 Å². The molecule has 3 heterocycles. The van der Waals surface area contributed by atoms with Gasteiger partial charge in [-0.1, -0.05) is 10.4 Å². The van der Waals surface area contributed by atoms with E-state index in [4.69, 9.17) is 14.0 Å². The van der Waals surface area contributed by atoms with Crippen molar-refractivity contribution in [3.8, 4) is 23.1 Å². The normalized spacial score (nSPS) is 18.8. The van der Waals surface area contributed by atoms with Crippen molar-refractivity contribution in [2.24, 2.45) is 0 Å². The van der Waals surface area contributed by atoms with E-state index in [0.29, 0.717) is 47.7 Å². The molecule has 1 amide bonds. The molecule has 1 aliphatic carbocycles. The van der Waals surface area contributed by atoms with Crippen molar-refractivity contribution in [1.29, 1.82) is 0 Å². The van der Waals surface area contributed by atoms with Gasteiger partial charge in [0.05, 0.1) is 26.5 Å². The van der Waals surface area contributed by atoms with Crippen LogP contribution in [0.4, 0.5) is 0 Å². The molecule has 1 atom stereocenters. The summed E-state index contributed by atoms with van der Waals surface area (Å²) in [4.78, 5) is 19.4. The van der Waals surface area contributed by atoms with Crippen molar-refractivity contribution < 1.29 is 18.8 Å². The van der Waals surface area contributed by atoms with Gasteiger partial charge in [0.2, 0.25) is 0 Å². The number of piperidine rings is 1. The average Bonchev–Trinajstić information content (AvgIpc) is 3.34. The fourth-order valence-electron chi connectivity index (χ4n) is 3.87. The van der Waals surface area contributed by atoms with E-state index in [1.165, 1.54) is 0 Å². The van der Waals surface area contributed by atoms with Crippen molar-refractivity contribution in [2.45, 2.75) is 37.6 Å². The fourth-order valence-corrected chi connectivity index (χ4v) is 3.87. The molecule has 0 N–H and O–H groups in total. The maximum atomic E-state index is 13.1. The van der Waals surface area contributed by atoms with Crippen LogP contribution in [0.2, 0.25) is 0 Å². The number of methoxy groups -OCH3 is 2. The van der Waals surface area contributed by atoms with Gasteiger partial charge in [-0.05, 0) is 37.8 Å². The van der Waals surface area contributed by atoms with Crippen LogP contribution in [-0.4, -0.2) is 63.3 Å². The van der Waals surface area contributed by atoms with Crippen LogP contribution in [0, 0.1) is 0 Å². The van der Waals surface area contributed by atoms with E-state index in [1.807, 2.05) is 11.1 Å². The second kappa shape index (κ2) is 8.01. The van der Waals surface area contributed by atoms with Gasteiger partial charge in [-0.25, -0.2) is 4.68 Å². The lowest BCUT2D eigenvalue weighted by atomic mass is 10.0. The second-order valence-electron chi connectivity index (χ2n) is 7.96. The first-order valence-electron chi connectivity index (χ1n) is 10.4. The molecule has 2 fully saturated rings. The first-order chi connectivity index (χ1) is 15.1. The Bertz CT molecular complexity index is 1070. The van der Waals surface area contributed by atoms with E-state index in [9.17, 15) is 4.79 Å². The molecular weight excluding hydrogens is 400 g/mol. The Morgan fingerprint density at radius 1 is 1.13 bits per heavy atom. The Labute approximate surface area is 179 Å². The van der Waals surface area contributed by atoms with Gasteiger partial charge in [0, 0.05) is 30.6 Å². The molecule has 5 rings (SSSR count). The third-order valence-corrected chi connectivity index (χ3v) is 5.77. The van der Waals surface area contributed by atoms with E-state index in [1.54, 1.807) is 37.1 Å². The molecule has 0 radical (unpaired) electrons. The number of ether oxygens (including phenoxy) is 2. The minimum Gasteiger partial charge on any atom is -0.497 e. The first kappa shape index (κ1) is 19.5. The molecule has 3 aromatic rings. The molecule has 2 aromatic heterocycles. The lowest BCUT2D eigenvalue weighted by molar-refractivity contribution is 0.0671. The van der Waals surface area contributed by atoms with Crippen LogP contribution in [0.15, 0.2) is 28.9 Å². The van der Waals surface area contributed by atoms with Gasteiger partial charge in [-0.3, -0.25) is 4.79 Å². The molecule has 1 aliphatic heterocycles. The van der Waals surface area contributed by atoms with Crippen molar-refractivity contribution in [1.82, 2.24) is 30.0 Å². The number of hydrogen-bond acceptors (Lipinski definition) is 8. The van der Waals surface area contributed by atoms with Crippen LogP contribution in [-0.2, 0) is 0 Å². The third kappa shape index (κ3) is 3.97. The highest BCUT2D eigenvalue weighted by Crippen LogP contribution is 2.38. The van der Waals surface area contributed by atoms with Gasteiger partial charge in [0.15, 0.2) is 11.5 Å². The van der Waals surface area contributed by atoms with Gasteiger partial charge in [0.25, 0.3) is 11.8 Å². The van der Waals surface area contributed by atoms with E-state index >= 15 is 0 Å². The number of nitrogens with zero attached hydrogens (tertiary/aromatic N) is 6. The molecule has 10 nitrogen and oxygen atoms in total. The van der Waals surface area contributed by atoms with Crippen molar-refractivity contribution in [3.63, 3.8) is 0 Å². The summed E-state index contributed by atoms with van der Waals surface area (Å²) >= 11 is 0. The van der Waals surface area contributed by atoms with Crippen molar-refractivity contribution >= 4 is 5.91 Å². The number of rotatable bonds is 6. The predicted molar refractivity (Wildman–Crippen MR) is 109 cm³/mol. The van der Waals surface area contributed by atoms with E-state index in [0.717, 1.165) is 31.5 Å². The first-order valence-corrected chi connectivity index (χ1v) is 10.4. The fraction of sp³-hybridized carbons (Fsp3) is 0.476. The minimum absolute atomic E-state index is 0.0253. The van der Waals surface area contributed by atoms with Crippen LogP contribution >= 0.6 is 0 Å². The van der Waals surface area contributed by atoms with Crippen LogP contribution < -0.4 is 9.47 Å². The number of carbonyl (C=O) groups excluding carboxylic acids is 1. The van der Waals surface area contributed by atoms with Crippen molar-refractivity contribution in [3.05, 3.63) is 35.8 Å². The predicted octanol–water partition coefficient (Wildman–Crippen LogP) is 2.70. The second-order valence-corrected chi connectivity index (χ2v) is 7.96. The molecule has 1 saturated heterocycles. The third-order valence-electron chi connectivity index (χ3n) is 5.77. The summed E-state index contributed by atoms with van der Waals surface area (Å²) in [7, 11) is 3.14. The minimum atomic E-state index is -0.0618. The molecule has 1 aromatic carbocycles. The molecule has 1 saturated carbocycles. The summed E-state index contributed by atoms with van der Waals surface area (Å²) in [5.41, 5.74) is 1.09. The number of aromatic nitrogens is 5. The highest BCUT2D eigenvalue weighted by atomic mass is 16.5. The Balaban J connectivity index is 1.31. The average molecular weight is 424 g/mol. The largest absolute Gasteiger partial charge is 0.497 e. The van der Waals surface area contributed by atoms with Gasteiger partial charge >= 0.3 is 0 Å². The molecular formula is C21H24N6O4. The Morgan fingerprint density at radius 2 is 1.90 bits per heavy atom. The van der Waals surface area contributed by atoms with Crippen molar-refractivity contribution in [2.75, 3.05) is 27.3 Å². The Hall–Kier alpha value is -3.43. The molecule has 0 bridgehead atoms. The molecule has 0 spiro atoms. The van der Waals surface area contributed by atoms with Gasteiger partial charge in [-0.2, -0.15) is 4.98 Å². The number of benzene rings is 1. The zero-order valence-corrected chi connectivity index (χ0v) is 17.5. The summed E-state index contributed by atoms with van der Waals surface area (Å²) in [5, 5.41) is 12.5. The summed E-state index contributed by atoms with van der Waals surface area (Å²) in [6, 6.07) is 5.24. The lowest BCUT2D eigenvalue weighted by Gasteiger charge is -2.32. The highest BCUT2D eigenvalue weighted by Gasteiger charge is 2.30. The summed E-state index contributed by atoms with van der Waals surface area (Å²) in [6.07, 6.45) is 5.81. The molecule has 10 heteroatoms. The van der Waals surface area contributed by atoms with E-state index in [2.05, 4.69) is 20.5 Å². The van der Waals surface area contributed by atoms with Crippen LogP contribution in [0.5, 0.6) is 11.5 Å². The Morgan fingerprint density at radius 3 is 2.61 bits per heavy atom. The maximum absolute atomic E-state index is 13.1. The highest BCUT2D eigenvalue weighted by molar-refractivity contribution is 5.95. The molecule has 1 unspecified atom stereocenters. The topological polar surface area (TPSA) is 108 Å². The Kier molecular flexibility index (Phi) is 5.05. The van der Waals surface area contributed by atoms with Gasteiger partial charge < -0.3 is 18.9 Å². The zero-order valence-electron chi connectivity index (χ0n) is 17.5. The van der Waals surface area contributed by atoms with Gasteiger partial charge in [-0.15, -0.1) is 5.10 Å². The van der Waals surface area contributed by atoms with E-state index in [-0.39, 0.29) is 11.9 Å². The maximum Gasteiger partial charge on any atom is 0.280 e. The smallest absolute Gasteiger partial charge is 0.280 e. The zero-order chi connectivity index (χ0) is 21.4. The summed E-state index contributed by atoms with van der Waals surface area (Å²) in [5.74, 6) is 2.66.